The summed E-state index contributed by atoms with van der Waals surface area (Å²) in [5.41, 5.74) is 0. The maximum Gasteiger partial charge on any atom is 0.215 e. The first-order valence-corrected chi connectivity index (χ1v) is 8.17. The van der Waals surface area contributed by atoms with E-state index in [1.807, 2.05) is 0 Å². The third-order valence-corrected chi connectivity index (χ3v) is 6.40. The molecule has 0 aromatic carbocycles. The molecule has 4 nitrogen and oxygen atoms in total. The molecule has 19 heavy (non-hydrogen) atoms. The highest BCUT2D eigenvalue weighted by molar-refractivity contribution is 5.05. The largest absolute Gasteiger partial charge is 0.346 e. The van der Waals surface area contributed by atoms with Crippen LogP contribution in [0.3, 0.4) is 0 Å². The van der Waals surface area contributed by atoms with Crippen LogP contribution in [-0.4, -0.2) is 24.7 Å². The molecule has 4 heteroatoms. The summed E-state index contributed by atoms with van der Waals surface area (Å²) >= 11 is 0. The van der Waals surface area contributed by atoms with Crippen LogP contribution in [0.4, 0.5) is 0 Å². The van der Waals surface area contributed by atoms with E-state index in [9.17, 15) is 0 Å². The molecule has 2 aliphatic heterocycles. The molecule has 2 heterocycles. The van der Waals surface area contributed by atoms with Crippen molar-refractivity contribution in [3.63, 3.8) is 0 Å². The third-order valence-electron chi connectivity index (χ3n) is 6.40. The highest BCUT2D eigenvalue weighted by Crippen LogP contribution is 2.63. The van der Waals surface area contributed by atoms with E-state index in [0.717, 1.165) is 37.8 Å². The first kappa shape index (κ1) is 11.5. The number of ether oxygens (including phenoxy) is 1. The Balaban J connectivity index is 1.46. The van der Waals surface area contributed by atoms with Gasteiger partial charge < -0.3 is 10.1 Å². The minimum Gasteiger partial charge on any atom is -0.346 e. The van der Waals surface area contributed by atoms with Crippen LogP contribution in [0.5, 0.6) is 0 Å². The second kappa shape index (κ2) is 3.73. The van der Waals surface area contributed by atoms with E-state index >= 15 is 0 Å². The van der Waals surface area contributed by atoms with Gasteiger partial charge in [-0.3, -0.25) is 0 Å². The van der Waals surface area contributed by atoms with Crippen molar-refractivity contribution in [1.82, 2.24) is 0 Å². The number of quaternary nitrogens is 1. The Morgan fingerprint density at radius 2 is 1.42 bits per heavy atom. The summed E-state index contributed by atoms with van der Waals surface area (Å²) in [6.07, 6.45) is 8.63. The van der Waals surface area contributed by atoms with Gasteiger partial charge in [0.25, 0.3) is 0 Å². The molecule has 2 saturated heterocycles. The van der Waals surface area contributed by atoms with Gasteiger partial charge in [-0.2, -0.15) is 9.78 Å². The Morgan fingerprint density at radius 1 is 0.789 bits per heavy atom. The van der Waals surface area contributed by atoms with Crippen molar-refractivity contribution < 1.29 is 19.8 Å². The van der Waals surface area contributed by atoms with E-state index in [1.54, 1.807) is 0 Å². The van der Waals surface area contributed by atoms with Crippen LogP contribution in [0.2, 0.25) is 0 Å². The molecule has 0 radical (unpaired) electrons. The fourth-order valence-electron chi connectivity index (χ4n) is 5.71. The van der Waals surface area contributed by atoms with E-state index < -0.39 is 5.79 Å². The summed E-state index contributed by atoms with van der Waals surface area (Å²) in [6, 6.07) is 0. The fraction of sp³-hybridized carbons (Fsp3) is 1.00. The highest BCUT2D eigenvalue weighted by atomic mass is 17.3. The lowest BCUT2D eigenvalue weighted by Crippen LogP contribution is -2.88. The molecule has 106 valence electrons. The van der Waals surface area contributed by atoms with Crippen molar-refractivity contribution in [3.8, 4) is 0 Å². The lowest BCUT2D eigenvalue weighted by Gasteiger charge is -2.57. The number of piperidine rings is 1. The van der Waals surface area contributed by atoms with Gasteiger partial charge in [-0.05, 0) is 43.9 Å². The first-order valence-electron chi connectivity index (χ1n) is 8.17. The minimum atomic E-state index is -0.413. The molecule has 4 saturated carbocycles. The van der Waals surface area contributed by atoms with Crippen LogP contribution in [0.15, 0.2) is 0 Å². The summed E-state index contributed by atoms with van der Waals surface area (Å²) < 4.78 is 6.59. The molecular formula is C15H24NO3+. The quantitative estimate of drug-likeness (QED) is 0.669. The Kier molecular flexibility index (Phi) is 2.26. The zero-order valence-electron chi connectivity index (χ0n) is 11.5. The van der Waals surface area contributed by atoms with Crippen LogP contribution in [0.1, 0.15) is 44.9 Å². The second-order valence-electron chi connectivity index (χ2n) is 7.57. The van der Waals surface area contributed by atoms with Gasteiger partial charge in [0.15, 0.2) is 0 Å². The SMILES string of the molecule is C1CC2(CC[NH2+]1)OOC1(O2)C2CC3CC(C2)CC1C3. The lowest BCUT2D eigenvalue weighted by molar-refractivity contribution is -0.674. The van der Waals surface area contributed by atoms with Crippen LogP contribution in [0, 0.1) is 23.7 Å². The van der Waals surface area contributed by atoms with E-state index in [4.69, 9.17) is 14.5 Å². The van der Waals surface area contributed by atoms with Gasteiger partial charge in [0.1, 0.15) is 0 Å². The molecular weight excluding hydrogens is 242 g/mol. The maximum atomic E-state index is 6.59. The number of nitrogens with two attached hydrogens (primary N) is 1. The predicted molar refractivity (Wildman–Crippen MR) is 66.7 cm³/mol. The first-order chi connectivity index (χ1) is 9.28. The van der Waals surface area contributed by atoms with Crippen LogP contribution < -0.4 is 5.32 Å². The molecule has 6 aliphatic rings. The Hall–Kier alpha value is -0.160. The zero-order valence-corrected chi connectivity index (χ0v) is 11.5. The van der Waals surface area contributed by atoms with Crippen LogP contribution in [0.25, 0.3) is 0 Å². The number of hydrogen-bond donors (Lipinski definition) is 1. The summed E-state index contributed by atoms with van der Waals surface area (Å²) in [6.45, 7) is 2.19. The normalized spacial score (nSPS) is 54.3. The smallest absolute Gasteiger partial charge is 0.215 e. The Labute approximate surface area is 114 Å². The topological polar surface area (TPSA) is 44.3 Å². The second-order valence-corrected chi connectivity index (χ2v) is 7.57. The van der Waals surface area contributed by atoms with Crippen molar-refractivity contribution in [2.75, 3.05) is 13.1 Å². The Morgan fingerprint density at radius 3 is 2.05 bits per heavy atom. The molecule has 6 rings (SSSR count). The summed E-state index contributed by atoms with van der Waals surface area (Å²) in [7, 11) is 0. The van der Waals surface area contributed by atoms with Crippen molar-refractivity contribution in [3.05, 3.63) is 0 Å². The molecule has 2 N–H and O–H groups in total. The van der Waals surface area contributed by atoms with E-state index in [1.165, 1.54) is 32.1 Å². The van der Waals surface area contributed by atoms with Gasteiger partial charge in [-0.25, -0.2) is 0 Å². The third kappa shape index (κ3) is 1.49. The maximum absolute atomic E-state index is 6.59. The molecule has 4 aliphatic carbocycles. The van der Waals surface area contributed by atoms with Crippen molar-refractivity contribution in [1.29, 1.82) is 0 Å². The number of hydrogen-bond acceptors (Lipinski definition) is 3. The molecule has 0 aromatic heterocycles. The van der Waals surface area contributed by atoms with Crippen LogP contribution in [-0.2, 0) is 14.5 Å². The summed E-state index contributed by atoms with van der Waals surface area (Å²) in [5, 5.41) is 2.35. The zero-order chi connectivity index (χ0) is 12.5. The molecule has 2 spiro atoms. The molecule has 0 aromatic rings. The molecule has 4 bridgehead atoms. The monoisotopic (exact) mass is 266 g/mol. The van der Waals surface area contributed by atoms with E-state index in [2.05, 4.69) is 5.32 Å². The van der Waals surface area contributed by atoms with Gasteiger partial charge in [-0.1, -0.05) is 0 Å². The van der Waals surface area contributed by atoms with E-state index in [-0.39, 0.29) is 5.79 Å². The summed E-state index contributed by atoms with van der Waals surface area (Å²) in [5.74, 6) is 2.28. The number of rotatable bonds is 0. The Bertz CT molecular complexity index is 363. The lowest BCUT2D eigenvalue weighted by atomic mass is 9.53. The minimum absolute atomic E-state index is 0.370. The van der Waals surface area contributed by atoms with Crippen molar-refractivity contribution in [2.45, 2.75) is 56.5 Å². The van der Waals surface area contributed by atoms with Gasteiger partial charge in [0.2, 0.25) is 11.6 Å². The molecule has 6 fully saturated rings. The van der Waals surface area contributed by atoms with Crippen molar-refractivity contribution >= 4 is 0 Å². The van der Waals surface area contributed by atoms with Gasteiger partial charge in [0.05, 0.1) is 25.9 Å². The van der Waals surface area contributed by atoms with Crippen molar-refractivity contribution in [2.24, 2.45) is 23.7 Å². The van der Waals surface area contributed by atoms with Gasteiger partial charge >= 0.3 is 0 Å². The fourth-order valence-corrected chi connectivity index (χ4v) is 5.71. The van der Waals surface area contributed by atoms with Gasteiger partial charge in [0, 0.05) is 11.8 Å². The molecule has 0 unspecified atom stereocenters. The molecule has 0 amide bonds. The molecule has 0 atom stereocenters. The van der Waals surface area contributed by atoms with E-state index in [0.29, 0.717) is 11.8 Å². The highest BCUT2D eigenvalue weighted by Gasteiger charge is 2.66. The van der Waals surface area contributed by atoms with Crippen LogP contribution >= 0.6 is 0 Å². The average Bonchev–Trinajstić information content (AvgIpc) is 2.77. The standard InChI is InChI=1S/C15H23NO3/c1-3-16-4-2-14(1)17-15(19-18-14)12-6-10-5-11(8-12)9-13(15)7-10/h10-13,16H,1-9H2/p+1. The van der Waals surface area contributed by atoms with Gasteiger partial charge in [-0.15, -0.1) is 0 Å². The summed E-state index contributed by atoms with van der Waals surface area (Å²) in [4.78, 5) is 11.8. The predicted octanol–water partition coefficient (Wildman–Crippen LogP) is 1.17. The average molecular weight is 266 g/mol.